The lowest BCUT2D eigenvalue weighted by molar-refractivity contribution is -0.123. The number of carbonyl (C=O) groups is 2. The molecule has 1 aromatic carbocycles. The summed E-state index contributed by atoms with van der Waals surface area (Å²) < 4.78 is 0. The highest BCUT2D eigenvalue weighted by Crippen LogP contribution is 2.20. The molecule has 0 aromatic heterocycles. The maximum Gasteiger partial charge on any atom is 0.253 e. The number of likely N-dealkylation sites (tertiary alicyclic amines) is 1. The van der Waals surface area contributed by atoms with E-state index in [0.29, 0.717) is 18.7 Å². The maximum atomic E-state index is 12.3. The molecule has 0 radical (unpaired) electrons. The van der Waals surface area contributed by atoms with Gasteiger partial charge < -0.3 is 10.6 Å². The van der Waals surface area contributed by atoms with Crippen molar-refractivity contribution in [2.24, 2.45) is 11.7 Å². The van der Waals surface area contributed by atoms with Gasteiger partial charge in [0.05, 0.1) is 5.92 Å². The van der Waals surface area contributed by atoms with Crippen LogP contribution in [0.25, 0.3) is 0 Å². The first-order valence-electron chi connectivity index (χ1n) is 6.34. The summed E-state index contributed by atoms with van der Waals surface area (Å²) in [5.74, 6) is -0.531. The van der Waals surface area contributed by atoms with E-state index < -0.39 is 0 Å². The Balaban J connectivity index is 2.07. The van der Waals surface area contributed by atoms with E-state index in [4.69, 9.17) is 5.73 Å². The molecule has 0 saturated carbocycles. The fourth-order valence-corrected chi connectivity index (χ4v) is 2.72. The van der Waals surface area contributed by atoms with Crippen molar-refractivity contribution in [1.29, 1.82) is 0 Å². The minimum absolute atomic E-state index is 0.0152. The van der Waals surface area contributed by atoms with Crippen LogP contribution >= 0.6 is 11.8 Å². The van der Waals surface area contributed by atoms with E-state index in [1.54, 1.807) is 16.7 Å². The SMILES string of the molecule is CSc1ccc(C(=O)N2CCCC(C(N)=O)C2)cc1. The summed E-state index contributed by atoms with van der Waals surface area (Å²) in [5.41, 5.74) is 6.00. The summed E-state index contributed by atoms with van der Waals surface area (Å²) in [6.45, 7) is 1.14. The van der Waals surface area contributed by atoms with Gasteiger partial charge in [-0.1, -0.05) is 0 Å². The molecule has 1 aliphatic rings. The van der Waals surface area contributed by atoms with E-state index in [-0.39, 0.29) is 17.7 Å². The number of thioether (sulfide) groups is 1. The topological polar surface area (TPSA) is 63.4 Å². The molecule has 1 aromatic rings. The van der Waals surface area contributed by atoms with Crippen LogP contribution < -0.4 is 5.73 Å². The molecule has 1 aliphatic heterocycles. The quantitative estimate of drug-likeness (QED) is 0.857. The molecular formula is C14H18N2O2S. The third-order valence-electron chi connectivity index (χ3n) is 3.45. The number of amides is 2. The minimum atomic E-state index is -0.310. The number of benzene rings is 1. The molecule has 4 nitrogen and oxygen atoms in total. The molecular weight excluding hydrogens is 260 g/mol. The minimum Gasteiger partial charge on any atom is -0.369 e. The van der Waals surface area contributed by atoms with Gasteiger partial charge in [-0.2, -0.15) is 0 Å². The molecule has 1 saturated heterocycles. The largest absolute Gasteiger partial charge is 0.369 e. The van der Waals surface area contributed by atoms with E-state index in [1.807, 2.05) is 30.5 Å². The Hall–Kier alpha value is -1.49. The average molecular weight is 278 g/mol. The van der Waals surface area contributed by atoms with Crippen molar-refractivity contribution >= 4 is 23.6 Å². The summed E-state index contributed by atoms with van der Waals surface area (Å²) >= 11 is 1.64. The monoisotopic (exact) mass is 278 g/mol. The molecule has 5 heteroatoms. The molecule has 1 heterocycles. The molecule has 2 rings (SSSR count). The molecule has 2 N–H and O–H groups in total. The molecule has 1 unspecified atom stereocenters. The number of nitrogens with zero attached hydrogens (tertiary/aromatic N) is 1. The van der Waals surface area contributed by atoms with Crippen LogP contribution in [-0.2, 0) is 4.79 Å². The first-order valence-corrected chi connectivity index (χ1v) is 7.57. The van der Waals surface area contributed by atoms with E-state index in [9.17, 15) is 9.59 Å². The number of piperidine rings is 1. The second-order valence-corrected chi connectivity index (χ2v) is 5.60. The third kappa shape index (κ3) is 3.29. The van der Waals surface area contributed by atoms with Crippen LogP contribution in [-0.4, -0.2) is 36.1 Å². The van der Waals surface area contributed by atoms with E-state index in [2.05, 4.69) is 0 Å². The second-order valence-electron chi connectivity index (χ2n) is 4.72. The van der Waals surface area contributed by atoms with Crippen molar-refractivity contribution in [2.45, 2.75) is 17.7 Å². The molecule has 19 heavy (non-hydrogen) atoms. The van der Waals surface area contributed by atoms with Gasteiger partial charge >= 0.3 is 0 Å². The van der Waals surface area contributed by atoms with Crippen LogP contribution in [0.15, 0.2) is 29.2 Å². The Morgan fingerprint density at radius 3 is 2.58 bits per heavy atom. The zero-order valence-corrected chi connectivity index (χ0v) is 11.8. The molecule has 0 bridgehead atoms. The van der Waals surface area contributed by atoms with Crippen molar-refractivity contribution in [3.63, 3.8) is 0 Å². The van der Waals surface area contributed by atoms with Gasteiger partial charge in [0.2, 0.25) is 5.91 Å². The van der Waals surface area contributed by atoms with Crippen molar-refractivity contribution in [2.75, 3.05) is 19.3 Å². The Labute approximate surface area is 117 Å². The summed E-state index contributed by atoms with van der Waals surface area (Å²) in [5, 5.41) is 0. The summed E-state index contributed by atoms with van der Waals surface area (Å²) in [6.07, 6.45) is 3.62. The van der Waals surface area contributed by atoms with Crippen LogP contribution in [0.5, 0.6) is 0 Å². The molecule has 0 aliphatic carbocycles. The van der Waals surface area contributed by atoms with Crippen LogP contribution in [0, 0.1) is 5.92 Å². The van der Waals surface area contributed by atoms with Crippen LogP contribution in [0.3, 0.4) is 0 Å². The lowest BCUT2D eigenvalue weighted by atomic mass is 9.97. The predicted molar refractivity (Wildman–Crippen MR) is 76.0 cm³/mol. The molecule has 102 valence electrons. The van der Waals surface area contributed by atoms with Crippen LogP contribution in [0.4, 0.5) is 0 Å². The van der Waals surface area contributed by atoms with Crippen LogP contribution in [0.2, 0.25) is 0 Å². The van der Waals surface area contributed by atoms with E-state index in [1.165, 1.54) is 0 Å². The first kappa shape index (κ1) is 13.9. The number of hydrogen-bond donors (Lipinski definition) is 1. The standard InChI is InChI=1S/C14H18N2O2S/c1-19-12-6-4-10(5-7-12)14(18)16-8-2-3-11(9-16)13(15)17/h4-7,11H,2-3,8-9H2,1H3,(H2,15,17). The zero-order valence-electron chi connectivity index (χ0n) is 11.0. The number of primary amides is 1. The predicted octanol–water partition coefficient (Wildman–Crippen LogP) is 1.75. The van der Waals surface area contributed by atoms with Gasteiger partial charge in [0.25, 0.3) is 5.91 Å². The molecule has 0 spiro atoms. The normalized spacial score (nSPS) is 19.2. The Morgan fingerprint density at radius 1 is 1.32 bits per heavy atom. The maximum absolute atomic E-state index is 12.3. The number of rotatable bonds is 3. The fraction of sp³-hybridized carbons (Fsp3) is 0.429. The van der Waals surface area contributed by atoms with Crippen molar-refractivity contribution in [1.82, 2.24) is 4.90 Å². The lowest BCUT2D eigenvalue weighted by Crippen LogP contribution is -2.44. The van der Waals surface area contributed by atoms with Crippen molar-refractivity contribution in [3.8, 4) is 0 Å². The van der Waals surface area contributed by atoms with Gasteiger partial charge in [0, 0.05) is 23.5 Å². The van der Waals surface area contributed by atoms with Gasteiger partial charge in [-0.05, 0) is 43.4 Å². The van der Waals surface area contributed by atoms with E-state index >= 15 is 0 Å². The zero-order chi connectivity index (χ0) is 13.8. The van der Waals surface area contributed by atoms with Crippen molar-refractivity contribution in [3.05, 3.63) is 29.8 Å². The van der Waals surface area contributed by atoms with Crippen molar-refractivity contribution < 1.29 is 9.59 Å². The highest BCUT2D eigenvalue weighted by molar-refractivity contribution is 7.98. The Kier molecular flexibility index (Phi) is 4.47. The summed E-state index contributed by atoms with van der Waals surface area (Å²) in [4.78, 5) is 26.4. The highest BCUT2D eigenvalue weighted by Gasteiger charge is 2.27. The number of carbonyl (C=O) groups excluding carboxylic acids is 2. The number of hydrogen-bond acceptors (Lipinski definition) is 3. The van der Waals surface area contributed by atoms with Gasteiger partial charge in [-0.15, -0.1) is 11.8 Å². The fourth-order valence-electron chi connectivity index (χ4n) is 2.31. The Bertz CT molecular complexity index is 473. The smallest absolute Gasteiger partial charge is 0.253 e. The van der Waals surface area contributed by atoms with Crippen LogP contribution in [0.1, 0.15) is 23.2 Å². The average Bonchev–Trinajstić information content (AvgIpc) is 2.46. The lowest BCUT2D eigenvalue weighted by Gasteiger charge is -2.31. The Morgan fingerprint density at radius 2 is 2.00 bits per heavy atom. The highest BCUT2D eigenvalue weighted by atomic mass is 32.2. The van der Waals surface area contributed by atoms with Gasteiger partial charge in [-0.3, -0.25) is 9.59 Å². The second kappa shape index (κ2) is 6.10. The van der Waals surface area contributed by atoms with Gasteiger partial charge in [-0.25, -0.2) is 0 Å². The molecule has 1 fully saturated rings. The number of nitrogens with two attached hydrogens (primary N) is 1. The molecule has 2 amide bonds. The third-order valence-corrected chi connectivity index (χ3v) is 4.19. The first-order chi connectivity index (χ1) is 9.11. The van der Waals surface area contributed by atoms with E-state index in [0.717, 1.165) is 17.7 Å². The van der Waals surface area contributed by atoms with Gasteiger partial charge in [0.1, 0.15) is 0 Å². The molecule has 1 atom stereocenters. The summed E-state index contributed by atoms with van der Waals surface area (Å²) in [6, 6.07) is 7.55. The summed E-state index contributed by atoms with van der Waals surface area (Å²) in [7, 11) is 0. The van der Waals surface area contributed by atoms with Gasteiger partial charge in [0.15, 0.2) is 0 Å².